The van der Waals surface area contributed by atoms with Gasteiger partial charge >= 0.3 is 0 Å². The minimum absolute atomic E-state index is 0.0760. The zero-order chi connectivity index (χ0) is 31.3. The Balaban J connectivity index is 1.28. The van der Waals surface area contributed by atoms with Crippen molar-refractivity contribution >= 4 is 53.4 Å². The van der Waals surface area contributed by atoms with Gasteiger partial charge in [0.1, 0.15) is 0 Å². The topological polar surface area (TPSA) is 30.7 Å². The van der Waals surface area contributed by atoms with Gasteiger partial charge in [-0.1, -0.05) is 135 Å². The van der Waals surface area contributed by atoms with E-state index >= 15 is 0 Å². The van der Waals surface area contributed by atoms with Crippen molar-refractivity contribution in [3.8, 4) is 39.5 Å². The molecule has 1 aliphatic rings. The molecule has 3 nitrogen and oxygen atoms in total. The predicted octanol–water partition coefficient (Wildman–Crippen LogP) is 11.6. The molecule has 1 aliphatic carbocycles. The summed E-state index contributed by atoms with van der Waals surface area (Å²) in [6, 6.07) is 50.2. The van der Waals surface area contributed by atoms with E-state index in [-0.39, 0.29) is 5.41 Å². The third-order valence-corrected chi connectivity index (χ3v) is 11.2. The third kappa shape index (κ3) is 3.73. The summed E-state index contributed by atoms with van der Waals surface area (Å²) in [5.41, 5.74) is 13.0. The highest BCUT2D eigenvalue weighted by Gasteiger charge is 2.37. The number of para-hydroxylation sites is 1. The highest BCUT2D eigenvalue weighted by Crippen LogP contribution is 2.53. The van der Waals surface area contributed by atoms with Crippen LogP contribution in [0.2, 0.25) is 0 Å². The largest absolute Gasteiger partial charge is 0.278 e. The first-order chi connectivity index (χ1) is 23.1. The predicted molar refractivity (Wildman–Crippen MR) is 198 cm³/mol. The van der Waals surface area contributed by atoms with E-state index in [0.29, 0.717) is 5.95 Å². The van der Waals surface area contributed by atoms with Crippen LogP contribution in [0.25, 0.3) is 81.6 Å². The average Bonchev–Trinajstić information content (AvgIpc) is 3.74. The van der Waals surface area contributed by atoms with Crippen LogP contribution in [0.3, 0.4) is 0 Å². The van der Waals surface area contributed by atoms with Crippen molar-refractivity contribution in [3.05, 3.63) is 151 Å². The second kappa shape index (κ2) is 9.71. The highest BCUT2D eigenvalue weighted by atomic mass is 32.1. The molecule has 0 N–H and O–H groups in total. The lowest BCUT2D eigenvalue weighted by atomic mass is 9.82. The fraction of sp³-hybridized carbons (Fsp3) is 0.0698. The Kier molecular flexibility index (Phi) is 5.50. The number of fused-ring (bicyclic) bond motifs is 10. The smallest absolute Gasteiger partial charge is 0.235 e. The molecule has 9 aromatic rings. The van der Waals surface area contributed by atoms with Crippen LogP contribution >= 0.6 is 11.3 Å². The SMILES string of the molecule is CC1(C)c2ccccc2-c2c1ccc1c2c2ccccc2n1-c1nc(-c2ccc(-c3ccccc3)cc2)c2sc3ccccc3c2n1. The first-order valence-electron chi connectivity index (χ1n) is 16.1. The van der Waals surface area contributed by atoms with E-state index in [4.69, 9.17) is 9.97 Å². The fourth-order valence-corrected chi connectivity index (χ4v) is 8.95. The molecule has 0 unspecified atom stereocenters. The van der Waals surface area contributed by atoms with Crippen LogP contribution in [-0.4, -0.2) is 14.5 Å². The van der Waals surface area contributed by atoms with Crippen molar-refractivity contribution in [2.45, 2.75) is 19.3 Å². The van der Waals surface area contributed by atoms with Crippen molar-refractivity contribution in [2.75, 3.05) is 0 Å². The molecule has 0 amide bonds. The number of rotatable bonds is 3. The standard InChI is InChI=1S/C43H29N3S/c1-43(2)32-17-9-6-14-29(32)37-33(43)24-25-35-38(37)30-15-7-10-18-34(30)46(35)42-44-39(41-40(45-42)31-16-8-11-19-36(31)47-41)28-22-20-27(21-23-28)26-12-4-3-5-13-26/h3-25H,1-2H3. The molecule has 6 aromatic carbocycles. The Bertz CT molecular complexity index is 2700. The van der Waals surface area contributed by atoms with Gasteiger partial charge in [-0.15, -0.1) is 11.3 Å². The minimum Gasteiger partial charge on any atom is -0.278 e. The average molecular weight is 620 g/mol. The number of hydrogen-bond donors (Lipinski definition) is 0. The Hall–Kier alpha value is -5.58. The maximum absolute atomic E-state index is 5.44. The second-order valence-electron chi connectivity index (χ2n) is 13.0. The number of hydrogen-bond acceptors (Lipinski definition) is 3. The molecule has 4 heteroatoms. The first-order valence-corrected chi connectivity index (χ1v) is 16.9. The van der Waals surface area contributed by atoms with Gasteiger partial charge in [0, 0.05) is 31.8 Å². The number of benzene rings is 6. The molecule has 47 heavy (non-hydrogen) atoms. The molecule has 0 bridgehead atoms. The maximum atomic E-state index is 5.44. The van der Waals surface area contributed by atoms with Crippen LogP contribution < -0.4 is 0 Å². The van der Waals surface area contributed by atoms with Gasteiger partial charge in [-0.05, 0) is 51.6 Å². The molecule has 222 valence electrons. The number of aromatic nitrogens is 3. The second-order valence-corrected chi connectivity index (χ2v) is 14.0. The number of thiophene rings is 1. The first kappa shape index (κ1) is 26.6. The summed E-state index contributed by atoms with van der Waals surface area (Å²) < 4.78 is 4.61. The third-order valence-electron chi connectivity index (χ3n) is 10.1. The molecular formula is C43H29N3S. The van der Waals surface area contributed by atoms with Gasteiger partial charge in [0.05, 0.1) is 26.9 Å². The molecule has 0 saturated heterocycles. The Morgan fingerprint density at radius 1 is 0.553 bits per heavy atom. The zero-order valence-corrected chi connectivity index (χ0v) is 26.8. The van der Waals surface area contributed by atoms with E-state index in [1.54, 1.807) is 11.3 Å². The van der Waals surface area contributed by atoms with E-state index in [1.807, 2.05) is 0 Å². The van der Waals surface area contributed by atoms with E-state index in [0.717, 1.165) is 37.9 Å². The van der Waals surface area contributed by atoms with Crippen LogP contribution in [-0.2, 0) is 5.41 Å². The summed E-state index contributed by atoms with van der Waals surface area (Å²) in [6.45, 7) is 4.69. The van der Waals surface area contributed by atoms with E-state index in [9.17, 15) is 0 Å². The van der Waals surface area contributed by atoms with Crippen molar-refractivity contribution in [1.82, 2.24) is 14.5 Å². The minimum atomic E-state index is -0.0760. The van der Waals surface area contributed by atoms with Crippen LogP contribution in [0.5, 0.6) is 0 Å². The van der Waals surface area contributed by atoms with Crippen molar-refractivity contribution < 1.29 is 0 Å². The van der Waals surface area contributed by atoms with Crippen molar-refractivity contribution in [3.63, 3.8) is 0 Å². The van der Waals surface area contributed by atoms with Gasteiger partial charge in [0.25, 0.3) is 0 Å². The fourth-order valence-electron chi connectivity index (χ4n) is 7.79. The van der Waals surface area contributed by atoms with Crippen molar-refractivity contribution in [1.29, 1.82) is 0 Å². The summed E-state index contributed by atoms with van der Waals surface area (Å²) in [4.78, 5) is 10.8. The monoisotopic (exact) mass is 619 g/mol. The summed E-state index contributed by atoms with van der Waals surface area (Å²) in [6.07, 6.45) is 0. The Morgan fingerprint density at radius 3 is 2.09 bits per heavy atom. The summed E-state index contributed by atoms with van der Waals surface area (Å²) in [5.74, 6) is 0.694. The van der Waals surface area contributed by atoms with Gasteiger partial charge in [-0.2, -0.15) is 0 Å². The molecule has 3 aromatic heterocycles. The molecule has 0 spiro atoms. The van der Waals surface area contributed by atoms with Crippen LogP contribution in [0.1, 0.15) is 25.0 Å². The summed E-state index contributed by atoms with van der Waals surface area (Å²) >= 11 is 1.77. The summed E-state index contributed by atoms with van der Waals surface area (Å²) in [5, 5.41) is 3.65. The molecule has 3 heterocycles. The molecular weight excluding hydrogens is 591 g/mol. The molecule has 0 fully saturated rings. The van der Waals surface area contributed by atoms with Gasteiger partial charge in [0.15, 0.2) is 0 Å². The van der Waals surface area contributed by atoms with Gasteiger partial charge < -0.3 is 0 Å². The van der Waals surface area contributed by atoms with E-state index in [1.165, 1.54) is 48.9 Å². The normalized spacial score (nSPS) is 13.5. The van der Waals surface area contributed by atoms with Gasteiger partial charge in [-0.3, -0.25) is 4.57 Å². The lowest BCUT2D eigenvalue weighted by molar-refractivity contribution is 0.661. The van der Waals surface area contributed by atoms with Crippen molar-refractivity contribution in [2.24, 2.45) is 0 Å². The summed E-state index contributed by atoms with van der Waals surface area (Å²) in [7, 11) is 0. The van der Waals surface area contributed by atoms with E-state index in [2.05, 4.69) is 158 Å². The molecule has 0 aliphatic heterocycles. The Morgan fingerprint density at radius 2 is 1.23 bits per heavy atom. The Labute approximate surface area is 276 Å². The van der Waals surface area contributed by atoms with E-state index < -0.39 is 0 Å². The zero-order valence-electron chi connectivity index (χ0n) is 26.0. The lowest BCUT2D eigenvalue weighted by Gasteiger charge is -2.21. The number of nitrogens with zero attached hydrogens (tertiary/aromatic N) is 3. The van der Waals surface area contributed by atoms with Crippen LogP contribution in [0, 0.1) is 0 Å². The molecule has 0 saturated carbocycles. The highest BCUT2D eigenvalue weighted by molar-refractivity contribution is 7.26. The van der Waals surface area contributed by atoms with Gasteiger partial charge in [-0.25, -0.2) is 9.97 Å². The molecule has 10 rings (SSSR count). The lowest BCUT2D eigenvalue weighted by Crippen LogP contribution is -2.14. The van der Waals surface area contributed by atoms with Crippen LogP contribution in [0.15, 0.2) is 140 Å². The quantitative estimate of drug-likeness (QED) is 0.197. The maximum Gasteiger partial charge on any atom is 0.235 e. The van der Waals surface area contributed by atoms with Gasteiger partial charge in [0.2, 0.25) is 5.95 Å². The molecule has 0 atom stereocenters. The van der Waals surface area contributed by atoms with Crippen LogP contribution in [0.4, 0.5) is 0 Å². The molecule has 0 radical (unpaired) electrons.